The van der Waals surface area contributed by atoms with Gasteiger partial charge < -0.3 is 15.4 Å². The third-order valence-corrected chi connectivity index (χ3v) is 2.45. The van der Waals surface area contributed by atoms with Crippen LogP contribution in [0.4, 0.5) is 5.69 Å². The van der Waals surface area contributed by atoms with Gasteiger partial charge in [0.05, 0.1) is 7.11 Å². The lowest BCUT2D eigenvalue weighted by atomic mass is 10.1. The zero-order valence-electron chi connectivity index (χ0n) is 10.1. The first-order chi connectivity index (χ1) is 7.58. The van der Waals surface area contributed by atoms with Gasteiger partial charge in [0, 0.05) is 12.7 Å². The lowest BCUT2D eigenvalue weighted by Gasteiger charge is -2.16. The van der Waals surface area contributed by atoms with Gasteiger partial charge in [-0.25, -0.2) is 0 Å². The molecule has 0 aromatic heterocycles. The highest BCUT2D eigenvalue weighted by molar-refractivity contribution is 5.84. The van der Waals surface area contributed by atoms with Crippen molar-refractivity contribution in [2.45, 2.75) is 19.9 Å². The Labute approximate surface area is 96.0 Å². The topological polar surface area (TPSA) is 50.4 Å². The number of carbonyl (C=O) groups excluding carboxylic acids is 1. The second-order valence-electron chi connectivity index (χ2n) is 3.66. The lowest BCUT2D eigenvalue weighted by Crippen LogP contribution is -2.35. The molecule has 1 atom stereocenters. The van der Waals surface area contributed by atoms with Gasteiger partial charge in [0.2, 0.25) is 5.91 Å². The van der Waals surface area contributed by atoms with Crippen molar-refractivity contribution in [3.63, 3.8) is 0 Å². The number of aryl methyl sites for hydroxylation is 1. The number of methoxy groups -OCH3 is 1. The third-order valence-electron chi connectivity index (χ3n) is 2.45. The highest BCUT2D eigenvalue weighted by atomic mass is 16.5. The van der Waals surface area contributed by atoms with E-state index >= 15 is 0 Å². The summed E-state index contributed by atoms with van der Waals surface area (Å²) < 4.78 is 5.12. The Kier molecular flexibility index (Phi) is 4.17. The van der Waals surface area contributed by atoms with E-state index in [0.29, 0.717) is 0 Å². The molecule has 1 aromatic carbocycles. The first-order valence-corrected chi connectivity index (χ1v) is 5.21. The Hall–Kier alpha value is -1.71. The fourth-order valence-corrected chi connectivity index (χ4v) is 1.44. The molecule has 0 saturated heterocycles. The van der Waals surface area contributed by atoms with Gasteiger partial charge in [-0.15, -0.1) is 0 Å². The summed E-state index contributed by atoms with van der Waals surface area (Å²) in [7, 11) is 3.26. The van der Waals surface area contributed by atoms with Crippen LogP contribution in [0.25, 0.3) is 0 Å². The summed E-state index contributed by atoms with van der Waals surface area (Å²) in [6.07, 6.45) is 0. The number of likely N-dealkylation sites (N-methyl/N-ethyl adjacent to an activating group) is 1. The maximum atomic E-state index is 11.4. The van der Waals surface area contributed by atoms with Gasteiger partial charge in [-0.3, -0.25) is 4.79 Å². The minimum absolute atomic E-state index is 0.0322. The van der Waals surface area contributed by atoms with Crippen LogP contribution in [-0.4, -0.2) is 26.1 Å². The van der Waals surface area contributed by atoms with Gasteiger partial charge in [0.1, 0.15) is 11.8 Å². The van der Waals surface area contributed by atoms with Gasteiger partial charge >= 0.3 is 0 Å². The second kappa shape index (κ2) is 5.39. The molecule has 1 unspecified atom stereocenters. The van der Waals surface area contributed by atoms with Crippen molar-refractivity contribution < 1.29 is 9.53 Å². The fraction of sp³-hybridized carbons (Fsp3) is 0.417. The van der Waals surface area contributed by atoms with Crippen molar-refractivity contribution in [3.05, 3.63) is 23.8 Å². The molecule has 2 N–H and O–H groups in total. The number of hydrogen-bond acceptors (Lipinski definition) is 3. The molecule has 0 spiro atoms. The van der Waals surface area contributed by atoms with Crippen molar-refractivity contribution in [2.75, 3.05) is 19.5 Å². The van der Waals surface area contributed by atoms with Gasteiger partial charge in [-0.2, -0.15) is 0 Å². The van der Waals surface area contributed by atoms with Gasteiger partial charge in [0.15, 0.2) is 0 Å². The molecular formula is C12H18N2O2. The minimum atomic E-state index is -0.253. The molecule has 0 saturated carbocycles. The number of hydrogen-bond donors (Lipinski definition) is 2. The Bertz CT molecular complexity index is 377. The van der Waals surface area contributed by atoms with Crippen molar-refractivity contribution in [2.24, 2.45) is 0 Å². The van der Waals surface area contributed by atoms with Crippen molar-refractivity contribution in [3.8, 4) is 5.75 Å². The minimum Gasteiger partial charge on any atom is -0.497 e. The van der Waals surface area contributed by atoms with Crippen LogP contribution in [0, 0.1) is 6.92 Å². The number of benzene rings is 1. The molecule has 1 aromatic rings. The largest absolute Gasteiger partial charge is 0.497 e. The van der Waals surface area contributed by atoms with Gasteiger partial charge in [0.25, 0.3) is 0 Å². The molecule has 0 radical (unpaired) electrons. The van der Waals surface area contributed by atoms with E-state index in [1.165, 1.54) is 0 Å². The van der Waals surface area contributed by atoms with Gasteiger partial charge in [-0.05, 0) is 37.6 Å². The van der Waals surface area contributed by atoms with E-state index in [2.05, 4.69) is 10.6 Å². The molecule has 0 bridgehead atoms. The summed E-state index contributed by atoms with van der Waals surface area (Å²) in [5.74, 6) is 0.783. The molecule has 0 aliphatic carbocycles. The van der Waals surface area contributed by atoms with Crippen LogP contribution in [-0.2, 0) is 4.79 Å². The monoisotopic (exact) mass is 222 g/mol. The first kappa shape index (κ1) is 12.4. The van der Waals surface area contributed by atoms with Crippen LogP contribution in [0.2, 0.25) is 0 Å². The maximum Gasteiger partial charge on any atom is 0.241 e. The first-order valence-electron chi connectivity index (χ1n) is 5.21. The molecule has 0 fully saturated rings. The van der Waals surface area contributed by atoms with Crippen LogP contribution < -0.4 is 15.4 Å². The molecule has 1 amide bonds. The number of ether oxygens (including phenoxy) is 1. The van der Waals surface area contributed by atoms with Crippen molar-refractivity contribution in [1.82, 2.24) is 5.32 Å². The molecule has 0 aliphatic rings. The number of anilines is 1. The van der Waals surface area contributed by atoms with Crippen LogP contribution in [0.1, 0.15) is 12.5 Å². The van der Waals surface area contributed by atoms with Gasteiger partial charge in [-0.1, -0.05) is 0 Å². The highest BCUT2D eigenvalue weighted by Gasteiger charge is 2.11. The maximum absolute atomic E-state index is 11.4. The molecule has 88 valence electrons. The van der Waals surface area contributed by atoms with E-state index in [1.54, 1.807) is 14.2 Å². The quantitative estimate of drug-likeness (QED) is 0.812. The van der Waals surface area contributed by atoms with Crippen LogP contribution in [0.3, 0.4) is 0 Å². The normalized spacial score (nSPS) is 11.8. The SMILES string of the molecule is CNC(=O)C(C)Nc1ccc(OC)cc1C. The summed E-state index contributed by atoms with van der Waals surface area (Å²) in [4.78, 5) is 11.4. The standard InChI is InChI=1S/C12H18N2O2/c1-8-7-10(16-4)5-6-11(8)14-9(2)12(15)13-3/h5-7,9,14H,1-4H3,(H,13,15). The Morgan fingerprint density at radius 2 is 2.12 bits per heavy atom. The van der Waals surface area contributed by atoms with Crippen LogP contribution >= 0.6 is 0 Å². The summed E-state index contributed by atoms with van der Waals surface area (Å²) in [6, 6.07) is 5.45. The van der Waals surface area contributed by atoms with E-state index in [1.807, 2.05) is 32.0 Å². The summed E-state index contributed by atoms with van der Waals surface area (Å²) in [5.41, 5.74) is 1.99. The van der Waals surface area contributed by atoms with E-state index in [-0.39, 0.29) is 11.9 Å². The molecular weight excluding hydrogens is 204 g/mol. The summed E-state index contributed by atoms with van der Waals surface area (Å²) >= 11 is 0. The number of carbonyl (C=O) groups is 1. The highest BCUT2D eigenvalue weighted by Crippen LogP contribution is 2.21. The average molecular weight is 222 g/mol. The average Bonchev–Trinajstić information content (AvgIpc) is 2.30. The molecule has 16 heavy (non-hydrogen) atoms. The Morgan fingerprint density at radius 3 is 2.62 bits per heavy atom. The zero-order chi connectivity index (χ0) is 12.1. The van der Waals surface area contributed by atoms with Crippen molar-refractivity contribution in [1.29, 1.82) is 0 Å². The lowest BCUT2D eigenvalue weighted by molar-refractivity contribution is -0.121. The number of amides is 1. The third kappa shape index (κ3) is 2.89. The van der Waals surface area contributed by atoms with E-state index in [4.69, 9.17) is 4.74 Å². The predicted octanol–water partition coefficient (Wildman–Crippen LogP) is 1.55. The smallest absolute Gasteiger partial charge is 0.241 e. The summed E-state index contributed by atoms with van der Waals surface area (Å²) in [6.45, 7) is 3.80. The van der Waals surface area contributed by atoms with Crippen molar-refractivity contribution >= 4 is 11.6 Å². The molecule has 4 nitrogen and oxygen atoms in total. The van der Waals surface area contributed by atoms with Crippen LogP contribution in [0.15, 0.2) is 18.2 Å². The van der Waals surface area contributed by atoms with E-state index in [0.717, 1.165) is 17.0 Å². The fourth-order valence-electron chi connectivity index (χ4n) is 1.44. The van der Waals surface area contributed by atoms with Crippen LogP contribution in [0.5, 0.6) is 5.75 Å². The second-order valence-corrected chi connectivity index (χ2v) is 3.66. The molecule has 4 heteroatoms. The molecule has 1 rings (SSSR count). The predicted molar refractivity (Wildman–Crippen MR) is 64.9 cm³/mol. The number of nitrogens with one attached hydrogen (secondary N) is 2. The summed E-state index contributed by atoms with van der Waals surface area (Å²) in [5, 5.41) is 5.75. The van der Waals surface area contributed by atoms with E-state index < -0.39 is 0 Å². The number of rotatable bonds is 4. The zero-order valence-corrected chi connectivity index (χ0v) is 10.1. The molecule has 0 aliphatic heterocycles. The Morgan fingerprint density at radius 1 is 1.44 bits per heavy atom. The molecule has 0 heterocycles. The Balaban J connectivity index is 2.78. The van der Waals surface area contributed by atoms with E-state index in [9.17, 15) is 4.79 Å².